The van der Waals surface area contributed by atoms with E-state index in [1.54, 1.807) is 6.07 Å². The highest BCUT2D eigenvalue weighted by molar-refractivity contribution is 7.87. The van der Waals surface area contributed by atoms with E-state index in [2.05, 4.69) is 4.28 Å². The Hall–Kier alpha value is -2.04. The van der Waals surface area contributed by atoms with Gasteiger partial charge in [0.1, 0.15) is 0 Å². The summed E-state index contributed by atoms with van der Waals surface area (Å²) in [6.45, 7) is 0. The van der Waals surface area contributed by atoms with Crippen molar-refractivity contribution in [3.05, 3.63) is 42.0 Å². The highest BCUT2D eigenvalue weighted by Crippen LogP contribution is 2.26. The first kappa shape index (κ1) is 18.0. The second kappa shape index (κ2) is 6.38. The average Bonchev–Trinajstić information content (AvgIpc) is 2.36. The molecule has 0 spiro atoms. The minimum absolute atomic E-state index is 0.290. The molecule has 0 aliphatic rings. The van der Waals surface area contributed by atoms with Crippen molar-refractivity contribution in [2.24, 2.45) is 5.16 Å². The molecule has 0 unspecified atom stereocenters. The molecule has 1 aromatic rings. The predicted molar refractivity (Wildman–Crippen MR) is 65.0 cm³/mol. The summed E-state index contributed by atoms with van der Waals surface area (Å²) in [5.74, 6) is 0. The normalized spacial score (nSPS) is 14.4. The van der Waals surface area contributed by atoms with Gasteiger partial charge in [-0.1, -0.05) is 41.6 Å². The summed E-state index contributed by atoms with van der Waals surface area (Å²) in [6, 6.07) is 7.44. The molecule has 122 valence electrons. The number of nitrogens with zero attached hydrogens (tertiary/aromatic N) is 1. The van der Waals surface area contributed by atoms with E-state index in [-0.39, 0.29) is 5.56 Å². The summed E-state index contributed by atoms with van der Waals surface area (Å²) in [4.78, 5) is 0. The van der Waals surface area contributed by atoms with Crippen LogP contribution < -0.4 is 0 Å². The molecule has 1 aromatic carbocycles. The Morgan fingerprint density at radius 1 is 1.05 bits per heavy atom. The van der Waals surface area contributed by atoms with E-state index < -0.39 is 27.5 Å². The van der Waals surface area contributed by atoms with Gasteiger partial charge in [0.15, 0.2) is 5.71 Å². The summed E-state index contributed by atoms with van der Waals surface area (Å²) in [7, 11) is -6.26. The van der Waals surface area contributed by atoms with Crippen LogP contribution in [0, 0.1) is 0 Å². The third-order valence-electron chi connectivity index (χ3n) is 2.04. The third kappa shape index (κ3) is 5.06. The lowest BCUT2D eigenvalue weighted by Crippen LogP contribution is -2.26. The van der Waals surface area contributed by atoms with Crippen molar-refractivity contribution < 1.29 is 39.0 Å². The number of halogens is 6. The van der Waals surface area contributed by atoms with Gasteiger partial charge in [-0.15, -0.1) is 0 Å². The molecule has 1 rings (SSSR count). The van der Waals surface area contributed by atoms with E-state index in [0.717, 1.165) is 6.08 Å². The van der Waals surface area contributed by atoms with Crippen LogP contribution in [0.15, 0.2) is 41.6 Å². The lowest BCUT2D eigenvalue weighted by molar-refractivity contribution is -0.0630. The number of allylic oxidation sites excluding steroid dienone is 1. The number of oxime groups is 1. The van der Waals surface area contributed by atoms with Crippen molar-refractivity contribution in [2.75, 3.05) is 0 Å². The molecule has 0 N–H and O–H groups in total. The summed E-state index contributed by atoms with van der Waals surface area (Å²) >= 11 is 0. The van der Waals surface area contributed by atoms with Crippen molar-refractivity contribution in [1.82, 2.24) is 0 Å². The fraction of sp³-hybridized carbons (Fsp3) is 0.182. The fourth-order valence-corrected chi connectivity index (χ4v) is 1.31. The van der Waals surface area contributed by atoms with Crippen LogP contribution in [0.2, 0.25) is 0 Å². The Balaban J connectivity index is 3.06. The topological polar surface area (TPSA) is 55.7 Å². The van der Waals surface area contributed by atoms with Crippen LogP contribution >= 0.6 is 0 Å². The maximum Gasteiger partial charge on any atom is 0.536 e. The van der Waals surface area contributed by atoms with Gasteiger partial charge >= 0.3 is 21.8 Å². The molecule has 4 nitrogen and oxygen atoms in total. The number of benzene rings is 1. The molecule has 0 aliphatic heterocycles. The van der Waals surface area contributed by atoms with Crippen LogP contribution in [0.4, 0.5) is 26.3 Å². The smallest absolute Gasteiger partial charge is 0.261 e. The van der Waals surface area contributed by atoms with E-state index in [4.69, 9.17) is 0 Å². The number of rotatable bonds is 4. The quantitative estimate of drug-likeness (QED) is 0.363. The lowest BCUT2D eigenvalue weighted by Gasteiger charge is -2.08. The van der Waals surface area contributed by atoms with E-state index in [1.165, 1.54) is 24.3 Å². The van der Waals surface area contributed by atoms with E-state index in [0.29, 0.717) is 6.08 Å². The summed E-state index contributed by atoms with van der Waals surface area (Å²) in [5.41, 5.74) is -7.53. The van der Waals surface area contributed by atoms with Gasteiger partial charge in [-0.25, -0.2) is 0 Å². The Morgan fingerprint density at radius 2 is 1.59 bits per heavy atom. The van der Waals surface area contributed by atoms with E-state index >= 15 is 0 Å². The first-order valence-electron chi connectivity index (χ1n) is 5.32. The van der Waals surface area contributed by atoms with Gasteiger partial charge in [0.05, 0.1) is 0 Å². The molecular weight excluding hydrogens is 340 g/mol. The molecule has 0 aliphatic carbocycles. The lowest BCUT2D eigenvalue weighted by atomic mass is 10.2. The fourth-order valence-electron chi connectivity index (χ4n) is 1.05. The molecule has 0 radical (unpaired) electrons. The van der Waals surface area contributed by atoms with Crippen LogP contribution in [-0.2, 0) is 14.4 Å². The maximum atomic E-state index is 12.6. The van der Waals surface area contributed by atoms with Gasteiger partial charge in [-0.2, -0.15) is 34.8 Å². The van der Waals surface area contributed by atoms with Crippen molar-refractivity contribution in [3.8, 4) is 0 Å². The zero-order valence-corrected chi connectivity index (χ0v) is 11.2. The van der Waals surface area contributed by atoms with E-state index in [1.807, 2.05) is 5.16 Å². The third-order valence-corrected chi connectivity index (χ3v) is 2.88. The van der Waals surface area contributed by atoms with Crippen molar-refractivity contribution in [2.45, 2.75) is 11.7 Å². The van der Waals surface area contributed by atoms with Gasteiger partial charge in [0.2, 0.25) is 0 Å². The zero-order chi connectivity index (χ0) is 17.0. The highest BCUT2D eigenvalue weighted by atomic mass is 32.2. The average molecular weight is 347 g/mol. The molecule has 0 bridgehead atoms. The molecule has 0 amide bonds. The van der Waals surface area contributed by atoms with E-state index in [9.17, 15) is 34.8 Å². The number of hydrogen-bond acceptors (Lipinski definition) is 4. The van der Waals surface area contributed by atoms with Crippen LogP contribution in [0.3, 0.4) is 0 Å². The van der Waals surface area contributed by atoms with Gasteiger partial charge in [0, 0.05) is 0 Å². The standard InChI is InChI=1S/C11H7F6NO3S/c12-10(13,14)9(7-6-8-4-2-1-3-5-8)18-21-22(19,20)11(15,16)17/h1-7H. The van der Waals surface area contributed by atoms with Crippen LogP contribution in [0.1, 0.15) is 5.56 Å². The minimum atomic E-state index is -6.26. The number of hydrogen-bond donors (Lipinski definition) is 0. The summed E-state index contributed by atoms with van der Waals surface area (Å²) in [5, 5.41) is 2.05. The second-order valence-electron chi connectivity index (χ2n) is 3.69. The molecule has 0 saturated heterocycles. The van der Waals surface area contributed by atoms with Crippen LogP contribution in [-0.4, -0.2) is 25.8 Å². The Labute approximate surface area is 120 Å². The second-order valence-corrected chi connectivity index (χ2v) is 5.21. The monoisotopic (exact) mass is 347 g/mol. The molecule has 0 fully saturated rings. The predicted octanol–water partition coefficient (Wildman–Crippen LogP) is 3.48. The molecule has 11 heteroatoms. The SMILES string of the molecule is O=S(=O)(ON=C(C=Cc1ccccc1)C(F)(F)F)C(F)(F)F. The number of alkyl halides is 6. The zero-order valence-electron chi connectivity index (χ0n) is 10.4. The van der Waals surface area contributed by atoms with Crippen LogP contribution in [0.25, 0.3) is 6.08 Å². The van der Waals surface area contributed by atoms with Crippen molar-refractivity contribution in [3.63, 3.8) is 0 Å². The van der Waals surface area contributed by atoms with Gasteiger partial charge in [-0.3, -0.25) is 4.28 Å². The first-order chi connectivity index (χ1) is 9.93. The Morgan fingerprint density at radius 3 is 2.05 bits per heavy atom. The first-order valence-corrected chi connectivity index (χ1v) is 6.72. The molecule has 0 heterocycles. The minimum Gasteiger partial charge on any atom is -0.261 e. The van der Waals surface area contributed by atoms with Crippen molar-refractivity contribution in [1.29, 1.82) is 0 Å². The van der Waals surface area contributed by atoms with Gasteiger partial charge < -0.3 is 0 Å². The molecule has 0 aromatic heterocycles. The summed E-state index contributed by atoms with van der Waals surface area (Å²) in [6.07, 6.45) is -4.02. The largest absolute Gasteiger partial charge is 0.536 e. The van der Waals surface area contributed by atoms with Gasteiger partial charge in [-0.05, 0) is 11.6 Å². The molecule has 0 atom stereocenters. The Bertz CT molecular complexity index is 661. The maximum absolute atomic E-state index is 12.6. The molecule has 0 saturated carbocycles. The van der Waals surface area contributed by atoms with Crippen molar-refractivity contribution >= 4 is 21.9 Å². The molecular formula is C11H7F6NO3S. The molecule has 22 heavy (non-hydrogen) atoms. The Kier molecular flexibility index (Phi) is 5.22. The van der Waals surface area contributed by atoms with Crippen LogP contribution in [0.5, 0.6) is 0 Å². The van der Waals surface area contributed by atoms with Gasteiger partial charge in [0.25, 0.3) is 0 Å². The highest BCUT2D eigenvalue weighted by Gasteiger charge is 2.49. The summed E-state index contributed by atoms with van der Waals surface area (Å²) < 4.78 is 97.6.